The van der Waals surface area contributed by atoms with Gasteiger partial charge in [0.1, 0.15) is 0 Å². The van der Waals surface area contributed by atoms with Gasteiger partial charge in [0, 0.05) is 36.6 Å². The second-order valence-corrected chi connectivity index (χ2v) is 10.2. The summed E-state index contributed by atoms with van der Waals surface area (Å²) in [7, 11) is 1.60. The molecule has 5 rings (SSSR count). The van der Waals surface area contributed by atoms with Crippen LogP contribution in [0.3, 0.4) is 0 Å². The normalized spacial score (nSPS) is 19.8. The number of ketones is 1. The molecule has 0 unspecified atom stereocenters. The molecule has 9 heteroatoms. The van der Waals surface area contributed by atoms with E-state index in [0.717, 1.165) is 43.9 Å². The highest BCUT2D eigenvalue weighted by Gasteiger charge is 2.33. The molecule has 36 heavy (non-hydrogen) atoms. The van der Waals surface area contributed by atoms with E-state index in [1.807, 2.05) is 12.1 Å². The van der Waals surface area contributed by atoms with E-state index in [2.05, 4.69) is 10.3 Å². The fraction of sp³-hybridized carbons (Fsp3) is 0.370. The Bertz CT molecular complexity index is 1330. The fourth-order valence-electron chi connectivity index (χ4n) is 4.98. The molecule has 1 heterocycles. The van der Waals surface area contributed by atoms with Crippen molar-refractivity contribution in [2.75, 3.05) is 12.4 Å². The zero-order valence-corrected chi connectivity index (χ0v) is 20.6. The lowest BCUT2D eigenvalue weighted by atomic mass is 9.89. The van der Waals surface area contributed by atoms with Crippen LogP contribution in [0, 0.1) is 11.7 Å². The first-order valence-corrected chi connectivity index (χ1v) is 12.5. The zero-order valence-electron chi connectivity index (χ0n) is 19.8. The van der Waals surface area contributed by atoms with Crippen LogP contribution in [0.5, 0.6) is 5.75 Å². The average molecular weight is 512 g/mol. The highest BCUT2D eigenvalue weighted by Crippen LogP contribution is 2.39. The predicted octanol–water partition coefficient (Wildman–Crippen LogP) is 6.33. The zero-order chi connectivity index (χ0) is 25.6. The maximum atomic E-state index is 14.2. The highest BCUT2D eigenvalue weighted by molar-refractivity contribution is 6.32. The minimum absolute atomic E-state index is 0.0120. The van der Waals surface area contributed by atoms with Gasteiger partial charge in [-0.25, -0.2) is 9.18 Å². The molecule has 2 aromatic carbocycles. The van der Waals surface area contributed by atoms with E-state index in [4.69, 9.17) is 11.6 Å². The largest absolute Gasteiger partial charge is 0.504 e. The molecule has 0 aliphatic heterocycles. The number of Topliss-reactive ketones (excluding diaryl/α,β-unsaturated/α-hetero) is 1. The van der Waals surface area contributed by atoms with Crippen molar-refractivity contribution >= 4 is 40.1 Å². The maximum Gasteiger partial charge on any atom is 0.407 e. The number of carboxylic acid groups (broad SMARTS) is 1. The quantitative estimate of drug-likeness (QED) is 0.334. The summed E-state index contributed by atoms with van der Waals surface area (Å²) in [5, 5.41) is 23.3. The van der Waals surface area contributed by atoms with Gasteiger partial charge in [-0.3, -0.25) is 9.78 Å². The first kappa shape index (κ1) is 24.3. The second kappa shape index (κ2) is 9.58. The number of phenols is 1. The van der Waals surface area contributed by atoms with E-state index in [-0.39, 0.29) is 28.8 Å². The van der Waals surface area contributed by atoms with Gasteiger partial charge in [-0.15, -0.1) is 0 Å². The van der Waals surface area contributed by atoms with Gasteiger partial charge in [-0.1, -0.05) is 17.7 Å². The van der Waals surface area contributed by atoms with Crippen molar-refractivity contribution in [1.29, 1.82) is 0 Å². The van der Waals surface area contributed by atoms with Crippen LogP contribution in [0.1, 0.15) is 48.9 Å². The Balaban J connectivity index is 1.52. The van der Waals surface area contributed by atoms with Crippen molar-refractivity contribution < 1.29 is 24.2 Å². The molecule has 2 fully saturated rings. The molecule has 2 saturated carbocycles. The van der Waals surface area contributed by atoms with Crippen LogP contribution in [-0.2, 0) is 0 Å². The molecule has 0 saturated heterocycles. The Morgan fingerprint density at radius 1 is 1.08 bits per heavy atom. The third-order valence-corrected chi connectivity index (χ3v) is 7.61. The van der Waals surface area contributed by atoms with Crippen LogP contribution >= 0.6 is 11.6 Å². The number of aromatic nitrogens is 1. The Labute approximate surface area is 212 Å². The third kappa shape index (κ3) is 4.69. The molecule has 0 atom stereocenters. The van der Waals surface area contributed by atoms with Crippen LogP contribution in [-0.4, -0.2) is 51.1 Å². The number of aromatic hydroxyl groups is 1. The summed E-state index contributed by atoms with van der Waals surface area (Å²) >= 11 is 6.01. The van der Waals surface area contributed by atoms with Crippen molar-refractivity contribution in [3.8, 4) is 16.9 Å². The van der Waals surface area contributed by atoms with Gasteiger partial charge in [-0.05, 0) is 73.9 Å². The SMILES string of the molecule is CN(C(=O)O)C1CCC(Nc2c(C(=O)C3CC3)cnc3ccc(-c4cc(F)c(O)c(Cl)c4)cc23)CC1. The molecule has 3 aromatic rings. The van der Waals surface area contributed by atoms with Gasteiger partial charge in [0.25, 0.3) is 0 Å². The number of nitrogens with one attached hydrogen (secondary N) is 1. The summed E-state index contributed by atoms with van der Waals surface area (Å²) in [6.45, 7) is 0. The molecule has 2 aliphatic rings. The minimum atomic E-state index is -0.929. The van der Waals surface area contributed by atoms with Crippen molar-refractivity contribution in [2.45, 2.75) is 50.6 Å². The first-order valence-electron chi connectivity index (χ1n) is 12.1. The summed E-state index contributed by atoms with van der Waals surface area (Å²) in [6, 6.07) is 8.26. The van der Waals surface area contributed by atoms with E-state index in [0.29, 0.717) is 27.9 Å². The van der Waals surface area contributed by atoms with Gasteiger partial charge in [0.2, 0.25) is 0 Å². The lowest BCUT2D eigenvalue weighted by Gasteiger charge is -2.34. The number of hydrogen-bond donors (Lipinski definition) is 3. The fourth-order valence-corrected chi connectivity index (χ4v) is 5.19. The smallest absolute Gasteiger partial charge is 0.407 e. The van der Waals surface area contributed by atoms with Crippen molar-refractivity contribution in [2.24, 2.45) is 5.92 Å². The number of halogens is 2. The van der Waals surface area contributed by atoms with E-state index in [9.17, 15) is 24.2 Å². The topological polar surface area (TPSA) is 103 Å². The highest BCUT2D eigenvalue weighted by atomic mass is 35.5. The molecule has 2 aliphatic carbocycles. The van der Waals surface area contributed by atoms with Gasteiger partial charge in [0.15, 0.2) is 17.3 Å². The lowest BCUT2D eigenvalue weighted by molar-refractivity contribution is 0.0967. The Kier molecular flexibility index (Phi) is 6.47. The number of hydrogen-bond acceptors (Lipinski definition) is 5. The predicted molar refractivity (Wildman–Crippen MR) is 136 cm³/mol. The Morgan fingerprint density at radius 2 is 1.81 bits per heavy atom. The molecular formula is C27H27ClFN3O4. The Hall–Kier alpha value is -3.39. The number of fused-ring (bicyclic) bond motifs is 1. The van der Waals surface area contributed by atoms with Crippen molar-refractivity contribution in [3.05, 3.63) is 52.9 Å². The summed E-state index contributed by atoms with van der Waals surface area (Å²) in [5.41, 5.74) is 3.12. The van der Waals surface area contributed by atoms with Crippen LogP contribution in [0.25, 0.3) is 22.0 Å². The number of phenolic OH excluding ortho intramolecular Hbond substituents is 1. The van der Waals surface area contributed by atoms with Gasteiger partial charge in [0.05, 0.1) is 21.8 Å². The van der Waals surface area contributed by atoms with Crippen molar-refractivity contribution in [1.82, 2.24) is 9.88 Å². The third-order valence-electron chi connectivity index (χ3n) is 7.33. The van der Waals surface area contributed by atoms with E-state index in [1.54, 1.807) is 19.3 Å². The van der Waals surface area contributed by atoms with E-state index in [1.165, 1.54) is 17.0 Å². The summed E-state index contributed by atoms with van der Waals surface area (Å²) in [6.07, 6.45) is 5.43. The van der Waals surface area contributed by atoms with Crippen LogP contribution in [0.2, 0.25) is 5.02 Å². The Morgan fingerprint density at radius 3 is 2.44 bits per heavy atom. The number of pyridine rings is 1. The van der Waals surface area contributed by atoms with Gasteiger partial charge in [-0.2, -0.15) is 0 Å². The number of carbonyl (C=O) groups excluding carboxylic acids is 1. The monoisotopic (exact) mass is 511 g/mol. The molecule has 188 valence electrons. The van der Waals surface area contributed by atoms with E-state index >= 15 is 0 Å². The number of nitrogens with zero attached hydrogens (tertiary/aromatic N) is 2. The molecule has 3 N–H and O–H groups in total. The number of carbonyl (C=O) groups is 2. The molecule has 7 nitrogen and oxygen atoms in total. The van der Waals surface area contributed by atoms with Gasteiger partial charge >= 0.3 is 6.09 Å². The molecule has 1 amide bonds. The molecule has 0 bridgehead atoms. The van der Waals surface area contributed by atoms with E-state index < -0.39 is 17.7 Å². The summed E-state index contributed by atoms with van der Waals surface area (Å²) in [5.74, 6) is -1.32. The second-order valence-electron chi connectivity index (χ2n) is 9.75. The van der Waals surface area contributed by atoms with Crippen LogP contribution in [0.15, 0.2) is 36.5 Å². The van der Waals surface area contributed by atoms with Crippen LogP contribution < -0.4 is 5.32 Å². The summed E-state index contributed by atoms with van der Waals surface area (Å²) < 4.78 is 14.2. The van der Waals surface area contributed by atoms with Gasteiger partial charge < -0.3 is 20.4 Å². The minimum Gasteiger partial charge on any atom is -0.504 e. The molecule has 0 radical (unpaired) electrons. The first-order chi connectivity index (χ1) is 17.2. The molecular weight excluding hydrogens is 485 g/mol. The number of benzene rings is 2. The molecule has 1 aromatic heterocycles. The lowest BCUT2D eigenvalue weighted by Crippen LogP contribution is -2.41. The average Bonchev–Trinajstić information content (AvgIpc) is 3.72. The number of rotatable bonds is 6. The number of amides is 1. The van der Waals surface area contributed by atoms with Crippen molar-refractivity contribution in [3.63, 3.8) is 0 Å². The maximum absolute atomic E-state index is 14.2. The molecule has 0 spiro atoms. The standard InChI is InChI=1S/C27H27ClFN3O4/c1-32(27(35)36)18-7-5-17(6-8-18)31-24-19-10-15(16-11-21(28)26(34)22(29)12-16)4-9-23(19)30-13-20(24)25(33)14-2-3-14/h4,9-14,17-18,34H,2-3,5-8H2,1H3,(H,30,31)(H,35,36). The number of anilines is 1. The summed E-state index contributed by atoms with van der Waals surface area (Å²) in [4.78, 5) is 30.4. The van der Waals surface area contributed by atoms with Crippen LogP contribution in [0.4, 0.5) is 14.9 Å².